The van der Waals surface area contributed by atoms with Crippen molar-refractivity contribution in [3.8, 4) is 17.0 Å². The van der Waals surface area contributed by atoms with Crippen LogP contribution in [-0.2, 0) is 0 Å². The van der Waals surface area contributed by atoms with E-state index in [0.717, 1.165) is 16.5 Å². The number of nitrogens with zero attached hydrogens (tertiary/aromatic N) is 1. The molecule has 0 saturated heterocycles. The van der Waals surface area contributed by atoms with Gasteiger partial charge in [0.1, 0.15) is 17.3 Å². The fourth-order valence-electron chi connectivity index (χ4n) is 2.69. The summed E-state index contributed by atoms with van der Waals surface area (Å²) < 4.78 is 24.3. The highest BCUT2D eigenvalue weighted by atomic mass is 19.1. The molecule has 0 radical (unpaired) electrons. The minimum Gasteiger partial charge on any atom is -0.423 e. The first-order valence-corrected chi connectivity index (χ1v) is 8.05. The quantitative estimate of drug-likeness (QED) is 0.379. The van der Waals surface area contributed by atoms with Crippen molar-refractivity contribution in [1.29, 1.82) is 0 Å². The van der Waals surface area contributed by atoms with Gasteiger partial charge in [-0.15, -0.1) is 0 Å². The van der Waals surface area contributed by atoms with E-state index in [0.29, 0.717) is 11.3 Å². The Kier molecular flexibility index (Phi) is 3.97. The third-order valence-electron chi connectivity index (χ3n) is 4.07. The first-order valence-electron chi connectivity index (χ1n) is 8.05. The Hall–Kier alpha value is -3.47. The van der Waals surface area contributed by atoms with Gasteiger partial charge in [0.2, 0.25) is 0 Å². The Morgan fingerprint density at radius 2 is 1.81 bits per heavy atom. The minimum atomic E-state index is -0.763. The van der Waals surface area contributed by atoms with Crippen molar-refractivity contribution in [2.45, 2.75) is 6.92 Å². The number of rotatable bonds is 3. The van der Waals surface area contributed by atoms with Crippen LogP contribution in [0.25, 0.3) is 22.2 Å². The summed E-state index contributed by atoms with van der Waals surface area (Å²) in [5.74, 6) is -1.13. The molecule has 0 saturated carbocycles. The maximum Gasteiger partial charge on any atom is 0.346 e. The van der Waals surface area contributed by atoms with Gasteiger partial charge in [-0.25, -0.2) is 9.18 Å². The summed E-state index contributed by atoms with van der Waals surface area (Å²) in [5.41, 5.74) is 3.17. The van der Waals surface area contributed by atoms with E-state index >= 15 is 0 Å². The molecule has 1 aromatic heterocycles. The Morgan fingerprint density at radius 1 is 1.04 bits per heavy atom. The molecule has 0 N–H and O–H groups in total. The zero-order chi connectivity index (χ0) is 18.1. The molecule has 0 aliphatic rings. The number of carbonyl (C=O) groups is 1. The van der Waals surface area contributed by atoms with Crippen LogP contribution in [-0.4, -0.2) is 11.1 Å². The number of halogens is 1. The molecular formula is C21H14FNO3. The lowest BCUT2D eigenvalue weighted by molar-refractivity contribution is 0.0730. The van der Waals surface area contributed by atoms with E-state index in [1.165, 1.54) is 18.2 Å². The summed E-state index contributed by atoms with van der Waals surface area (Å²) >= 11 is 0. The lowest BCUT2D eigenvalue weighted by Gasteiger charge is -2.05. The second-order valence-electron chi connectivity index (χ2n) is 5.92. The molecule has 0 aliphatic heterocycles. The summed E-state index contributed by atoms with van der Waals surface area (Å²) in [6.07, 6.45) is 0. The molecule has 4 nitrogen and oxygen atoms in total. The van der Waals surface area contributed by atoms with E-state index in [1.54, 1.807) is 24.3 Å². The Labute approximate surface area is 148 Å². The van der Waals surface area contributed by atoms with Crippen molar-refractivity contribution in [3.05, 3.63) is 83.7 Å². The van der Waals surface area contributed by atoms with Gasteiger partial charge in [0.25, 0.3) is 0 Å². The molecule has 3 aromatic carbocycles. The molecular weight excluding hydrogens is 333 g/mol. The van der Waals surface area contributed by atoms with Crippen LogP contribution in [0.2, 0.25) is 0 Å². The normalized spacial score (nSPS) is 10.8. The number of benzene rings is 3. The monoisotopic (exact) mass is 347 g/mol. The SMILES string of the molecule is Cc1ccc(-c2noc3cc(OC(=O)c4ccccc4F)ccc23)cc1. The first kappa shape index (κ1) is 16.0. The van der Waals surface area contributed by atoms with E-state index < -0.39 is 11.8 Å². The fraction of sp³-hybridized carbons (Fsp3) is 0.0476. The molecule has 4 rings (SSSR count). The molecule has 0 fully saturated rings. The van der Waals surface area contributed by atoms with Gasteiger partial charge in [-0.2, -0.15) is 0 Å². The molecule has 26 heavy (non-hydrogen) atoms. The zero-order valence-electron chi connectivity index (χ0n) is 13.9. The van der Waals surface area contributed by atoms with E-state index in [1.807, 2.05) is 31.2 Å². The summed E-state index contributed by atoms with van der Waals surface area (Å²) in [5, 5.41) is 4.92. The van der Waals surface area contributed by atoms with Crippen molar-refractivity contribution in [1.82, 2.24) is 5.16 Å². The van der Waals surface area contributed by atoms with E-state index in [-0.39, 0.29) is 11.3 Å². The van der Waals surface area contributed by atoms with Gasteiger partial charge in [-0.3, -0.25) is 0 Å². The Bertz CT molecular complexity index is 1100. The van der Waals surface area contributed by atoms with E-state index in [2.05, 4.69) is 5.16 Å². The van der Waals surface area contributed by atoms with Crippen molar-refractivity contribution in [2.75, 3.05) is 0 Å². The number of carbonyl (C=O) groups excluding carboxylic acids is 1. The predicted octanol–water partition coefficient (Wildman–Crippen LogP) is 5.16. The zero-order valence-corrected chi connectivity index (χ0v) is 13.9. The van der Waals surface area contributed by atoms with Gasteiger partial charge < -0.3 is 9.26 Å². The average Bonchev–Trinajstić information content (AvgIpc) is 3.06. The molecule has 0 aliphatic carbocycles. The molecule has 0 unspecified atom stereocenters. The molecule has 0 bridgehead atoms. The van der Waals surface area contributed by atoms with Crippen LogP contribution in [0.5, 0.6) is 5.75 Å². The number of hydrogen-bond donors (Lipinski definition) is 0. The summed E-state index contributed by atoms with van der Waals surface area (Å²) in [7, 11) is 0. The van der Waals surface area contributed by atoms with Crippen LogP contribution in [0.1, 0.15) is 15.9 Å². The van der Waals surface area contributed by atoms with Crippen molar-refractivity contribution in [3.63, 3.8) is 0 Å². The predicted molar refractivity (Wildman–Crippen MR) is 95.5 cm³/mol. The summed E-state index contributed by atoms with van der Waals surface area (Å²) in [4.78, 5) is 12.1. The molecule has 128 valence electrons. The van der Waals surface area contributed by atoms with Gasteiger partial charge in [-0.05, 0) is 31.2 Å². The third-order valence-corrected chi connectivity index (χ3v) is 4.07. The first-order chi connectivity index (χ1) is 12.6. The topological polar surface area (TPSA) is 52.3 Å². The Morgan fingerprint density at radius 3 is 2.58 bits per heavy atom. The highest BCUT2D eigenvalue weighted by Crippen LogP contribution is 2.30. The maximum absolute atomic E-state index is 13.7. The average molecular weight is 347 g/mol. The maximum atomic E-state index is 13.7. The van der Waals surface area contributed by atoms with E-state index in [4.69, 9.17) is 9.26 Å². The highest BCUT2D eigenvalue weighted by Gasteiger charge is 2.16. The van der Waals surface area contributed by atoms with Crippen LogP contribution >= 0.6 is 0 Å². The lowest BCUT2D eigenvalue weighted by Crippen LogP contribution is -2.10. The van der Waals surface area contributed by atoms with Crippen molar-refractivity contribution < 1.29 is 18.4 Å². The van der Waals surface area contributed by atoms with Gasteiger partial charge in [0.15, 0.2) is 5.58 Å². The van der Waals surface area contributed by atoms with Crippen LogP contribution in [0, 0.1) is 12.7 Å². The number of esters is 1. The molecule has 1 heterocycles. The molecule has 0 spiro atoms. The van der Waals surface area contributed by atoms with Crippen molar-refractivity contribution in [2.24, 2.45) is 0 Å². The number of aromatic nitrogens is 1. The van der Waals surface area contributed by atoms with Gasteiger partial charge in [-0.1, -0.05) is 47.1 Å². The molecule has 5 heteroatoms. The van der Waals surface area contributed by atoms with Crippen LogP contribution in [0.15, 0.2) is 71.3 Å². The van der Waals surface area contributed by atoms with Crippen LogP contribution < -0.4 is 4.74 Å². The van der Waals surface area contributed by atoms with Gasteiger partial charge in [0.05, 0.1) is 5.56 Å². The largest absolute Gasteiger partial charge is 0.423 e. The number of fused-ring (bicyclic) bond motifs is 1. The molecule has 0 atom stereocenters. The second-order valence-corrected chi connectivity index (χ2v) is 5.92. The Balaban J connectivity index is 1.64. The summed E-state index contributed by atoms with van der Waals surface area (Å²) in [6.45, 7) is 2.01. The second kappa shape index (κ2) is 6.44. The minimum absolute atomic E-state index is 0.120. The van der Waals surface area contributed by atoms with E-state index in [9.17, 15) is 9.18 Å². The summed E-state index contributed by atoms with van der Waals surface area (Å²) in [6, 6.07) is 18.6. The number of hydrogen-bond acceptors (Lipinski definition) is 4. The molecule has 4 aromatic rings. The number of ether oxygens (including phenoxy) is 1. The fourth-order valence-corrected chi connectivity index (χ4v) is 2.69. The standard InChI is InChI=1S/C21H14FNO3/c1-13-6-8-14(9-7-13)20-17-11-10-15(12-19(17)26-23-20)25-21(24)16-4-2-3-5-18(16)22/h2-12H,1H3. The lowest BCUT2D eigenvalue weighted by atomic mass is 10.1. The van der Waals surface area contributed by atoms with Gasteiger partial charge >= 0.3 is 5.97 Å². The molecule has 0 amide bonds. The number of aryl methyl sites for hydroxylation is 1. The third kappa shape index (κ3) is 2.95. The highest BCUT2D eigenvalue weighted by molar-refractivity contribution is 5.94. The van der Waals surface area contributed by atoms with Crippen LogP contribution in [0.4, 0.5) is 4.39 Å². The van der Waals surface area contributed by atoms with Gasteiger partial charge in [0, 0.05) is 17.0 Å². The van der Waals surface area contributed by atoms with Crippen LogP contribution in [0.3, 0.4) is 0 Å². The smallest absolute Gasteiger partial charge is 0.346 e. The van der Waals surface area contributed by atoms with Crippen molar-refractivity contribution >= 4 is 16.9 Å².